The SMILES string of the molecule is CC/C(=C(/c1ccc(/C=C/C(=O)O)cc1)c1ccc2[nH]ncc2c1)c1cccc(-c2cccnc2)c1. The fourth-order valence-electron chi connectivity index (χ4n) is 4.49. The van der Waals surface area contributed by atoms with Gasteiger partial charge in [-0.15, -0.1) is 0 Å². The number of rotatable bonds is 7. The number of benzene rings is 3. The van der Waals surface area contributed by atoms with Gasteiger partial charge in [0.1, 0.15) is 0 Å². The van der Waals surface area contributed by atoms with Gasteiger partial charge < -0.3 is 5.11 Å². The predicted molar refractivity (Wildman–Crippen MR) is 145 cm³/mol. The van der Waals surface area contributed by atoms with Crippen LogP contribution in [0.1, 0.15) is 35.6 Å². The van der Waals surface area contributed by atoms with Crippen molar-refractivity contribution in [3.63, 3.8) is 0 Å². The first-order valence-corrected chi connectivity index (χ1v) is 11.8. The summed E-state index contributed by atoms with van der Waals surface area (Å²) in [5, 5.41) is 17.2. The Labute approximate surface area is 209 Å². The molecule has 0 fully saturated rings. The van der Waals surface area contributed by atoms with Crippen molar-refractivity contribution in [2.24, 2.45) is 0 Å². The summed E-state index contributed by atoms with van der Waals surface area (Å²) < 4.78 is 0. The molecule has 0 bridgehead atoms. The predicted octanol–water partition coefficient (Wildman–Crippen LogP) is 7.09. The smallest absolute Gasteiger partial charge is 0.328 e. The molecule has 0 radical (unpaired) electrons. The lowest BCUT2D eigenvalue weighted by atomic mass is 9.86. The minimum Gasteiger partial charge on any atom is -0.478 e. The molecular formula is C31H25N3O2. The van der Waals surface area contributed by atoms with Gasteiger partial charge in [0.2, 0.25) is 0 Å². The van der Waals surface area contributed by atoms with Crippen molar-refractivity contribution in [3.8, 4) is 11.1 Å². The van der Waals surface area contributed by atoms with E-state index in [9.17, 15) is 4.79 Å². The van der Waals surface area contributed by atoms with Gasteiger partial charge in [0.15, 0.2) is 0 Å². The summed E-state index contributed by atoms with van der Waals surface area (Å²) in [6.45, 7) is 2.17. The first-order valence-electron chi connectivity index (χ1n) is 11.8. The van der Waals surface area contributed by atoms with E-state index < -0.39 is 5.97 Å². The Morgan fingerprint density at radius 1 is 0.889 bits per heavy atom. The minimum absolute atomic E-state index is 0.829. The van der Waals surface area contributed by atoms with Gasteiger partial charge in [-0.2, -0.15) is 5.10 Å². The van der Waals surface area contributed by atoms with E-state index in [4.69, 9.17) is 5.11 Å². The average Bonchev–Trinajstić information content (AvgIpc) is 3.39. The van der Waals surface area contributed by atoms with Crippen molar-refractivity contribution in [3.05, 3.63) is 126 Å². The highest BCUT2D eigenvalue weighted by atomic mass is 16.4. The molecule has 36 heavy (non-hydrogen) atoms. The van der Waals surface area contributed by atoms with Gasteiger partial charge in [-0.1, -0.05) is 61.5 Å². The summed E-state index contributed by atoms with van der Waals surface area (Å²) in [4.78, 5) is 15.2. The number of carbonyl (C=O) groups is 1. The Morgan fingerprint density at radius 2 is 1.69 bits per heavy atom. The van der Waals surface area contributed by atoms with Gasteiger partial charge >= 0.3 is 5.97 Å². The number of carboxylic acids is 1. The maximum absolute atomic E-state index is 10.9. The van der Waals surface area contributed by atoms with Crippen molar-refractivity contribution in [1.29, 1.82) is 0 Å². The number of aromatic amines is 1. The van der Waals surface area contributed by atoms with Crippen LogP contribution in [0.2, 0.25) is 0 Å². The molecule has 0 aliphatic heterocycles. The number of hydrogen-bond acceptors (Lipinski definition) is 3. The van der Waals surface area contributed by atoms with Gasteiger partial charge in [0.05, 0.1) is 11.7 Å². The number of aliphatic carboxylic acids is 1. The summed E-state index contributed by atoms with van der Waals surface area (Å²) in [5.41, 5.74) is 9.68. The van der Waals surface area contributed by atoms with Crippen LogP contribution in [0.15, 0.2) is 104 Å². The van der Waals surface area contributed by atoms with Crippen LogP contribution in [-0.4, -0.2) is 26.3 Å². The van der Waals surface area contributed by atoms with E-state index in [0.717, 1.165) is 62.4 Å². The lowest BCUT2D eigenvalue weighted by Crippen LogP contribution is -1.96. The van der Waals surface area contributed by atoms with E-state index >= 15 is 0 Å². The number of fused-ring (bicyclic) bond motifs is 1. The Bertz CT molecular complexity index is 1580. The van der Waals surface area contributed by atoms with E-state index in [1.165, 1.54) is 5.57 Å². The van der Waals surface area contributed by atoms with Crippen molar-refractivity contribution in [2.75, 3.05) is 0 Å². The van der Waals surface area contributed by atoms with E-state index in [2.05, 4.69) is 82.8 Å². The number of H-pyrrole nitrogens is 1. The second kappa shape index (κ2) is 10.2. The molecule has 5 nitrogen and oxygen atoms in total. The Hall–Kier alpha value is -4.77. The van der Waals surface area contributed by atoms with Crippen molar-refractivity contribution in [2.45, 2.75) is 13.3 Å². The zero-order valence-electron chi connectivity index (χ0n) is 19.8. The number of pyridine rings is 1. The highest BCUT2D eigenvalue weighted by Crippen LogP contribution is 2.36. The molecular weight excluding hydrogens is 446 g/mol. The number of nitrogens with zero attached hydrogens (tertiary/aromatic N) is 2. The average molecular weight is 472 g/mol. The number of hydrogen-bond donors (Lipinski definition) is 2. The molecule has 0 amide bonds. The lowest BCUT2D eigenvalue weighted by Gasteiger charge is -2.17. The molecule has 0 saturated heterocycles. The van der Waals surface area contributed by atoms with Crippen molar-refractivity contribution in [1.82, 2.24) is 15.2 Å². The first kappa shape index (κ1) is 23.0. The van der Waals surface area contributed by atoms with E-state index in [0.29, 0.717) is 0 Å². The van der Waals surface area contributed by atoms with Crippen LogP contribution < -0.4 is 0 Å². The first-order chi connectivity index (χ1) is 17.6. The Morgan fingerprint density at radius 3 is 2.44 bits per heavy atom. The Balaban J connectivity index is 1.69. The molecule has 0 atom stereocenters. The minimum atomic E-state index is -0.963. The highest BCUT2D eigenvalue weighted by molar-refractivity contribution is 6.01. The summed E-state index contributed by atoms with van der Waals surface area (Å²) in [7, 11) is 0. The molecule has 2 aromatic heterocycles. The number of nitrogens with one attached hydrogen (secondary N) is 1. The topological polar surface area (TPSA) is 78.9 Å². The van der Waals surface area contributed by atoms with Crippen molar-refractivity contribution < 1.29 is 9.90 Å². The molecule has 3 aromatic carbocycles. The van der Waals surface area contributed by atoms with E-state index in [-0.39, 0.29) is 0 Å². The van der Waals surface area contributed by atoms with Crippen molar-refractivity contribution >= 4 is 34.1 Å². The highest BCUT2D eigenvalue weighted by Gasteiger charge is 2.15. The molecule has 5 aromatic rings. The zero-order chi connectivity index (χ0) is 24.9. The maximum atomic E-state index is 10.9. The normalized spacial score (nSPS) is 12.1. The van der Waals surface area contributed by atoms with Crippen LogP contribution in [0.3, 0.4) is 0 Å². The monoisotopic (exact) mass is 471 g/mol. The molecule has 0 aliphatic carbocycles. The molecule has 0 aliphatic rings. The molecule has 5 rings (SSSR count). The lowest BCUT2D eigenvalue weighted by molar-refractivity contribution is -0.131. The second-order valence-corrected chi connectivity index (χ2v) is 8.50. The summed E-state index contributed by atoms with van der Waals surface area (Å²) >= 11 is 0. The molecule has 176 valence electrons. The summed E-state index contributed by atoms with van der Waals surface area (Å²) in [5.74, 6) is -0.963. The molecule has 0 saturated carbocycles. The van der Waals surface area contributed by atoms with Crippen LogP contribution in [0.5, 0.6) is 0 Å². The number of allylic oxidation sites excluding steroid dienone is 1. The summed E-state index contributed by atoms with van der Waals surface area (Å²) in [6.07, 6.45) is 9.08. The number of aromatic nitrogens is 3. The molecule has 2 heterocycles. The van der Waals surface area contributed by atoms with E-state index in [1.807, 2.05) is 30.6 Å². The van der Waals surface area contributed by atoms with Gasteiger partial charge in [-0.25, -0.2) is 4.79 Å². The van der Waals surface area contributed by atoms with Crippen LogP contribution in [0.4, 0.5) is 0 Å². The van der Waals surface area contributed by atoms with Gasteiger partial charge in [0.25, 0.3) is 0 Å². The third-order valence-corrected chi connectivity index (χ3v) is 6.21. The second-order valence-electron chi connectivity index (χ2n) is 8.50. The Kier molecular flexibility index (Phi) is 6.54. The largest absolute Gasteiger partial charge is 0.478 e. The van der Waals surface area contributed by atoms with Gasteiger partial charge in [0, 0.05) is 29.4 Å². The van der Waals surface area contributed by atoms with Gasteiger partial charge in [-0.05, 0) is 75.7 Å². The molecule has 2 N–H and O–H groups in total. The summed E-state index contributed by atoms with van der Waals surface area (Å²) in [6, 6.07) is 26.9. The van der Waals surface area contributed by atoms with Crippen LogP contribution in [-0.2, 0) is 4.79 Å². The quantitative estimate of drug-likeness (QED) is 0.196. The van der Waals surface area contributed by atoms with Crippen LogP contribution in [0, 0.1) is 0 Å². The molecule has 0 unspecified atom stereocenters. The fourth-order valence-corrected chi connectivity index (χ4v) is 4.49. The van der Waals surface area contributed by atoms with Gasteiger partial charge in [-0.3, -0.25) is 10.1 Å². The molecule has 5 heteroatoms. The van der Waals surface area contributed by atoms with Crippen LogP contribution in [0.25, 0.3) is 39.3 Å². The van der Waals surface area contributed by atoms with E-state index in [1.54, 1.807) is 12.3 Å². The maximum Gasteiger partial charge on any atom is 0.328 e. The fraction of sp³-hybridized carbons (Fsp3) is 0.0645. The third-order valence-electron chi connectivity index (χ3n) is 6.21. The zero-order valence-corrected chi connectivity index (χ0v) is 19.8. The molecule has 0 spiro atoms. The standard InChI is InChI=1S/C31H25N3O2/c1-2-28(24-6-3-5-23(17-24)26-7-4-16-32-19-26)31(25-13-14-29-27(18-25)20-33-34-29)22-11-8-21(9-12-22)10-15-30(35)36/h3-20H,2H2,1H3,(H,33,34)(H,35,36)/b15-10+,31-28+. The number of carboxylic acid groups (broad SMARTS) is 1. The van der Waals surface area contributed by atoms with Crippen LogP contribution >= 0.6 is 0 Å². The third kappa shape index (κ3) is 4.86.